The third-order valence-electron chi connectivity index (χ3n) is 5.40. The fraction of sp³-hybridized carbons (Fsp3) is 0.714. The lowest BCUT2D eigenvalue weighted by atomic mass is 9.96. The standard InChI is InChI=1S/C21H33N5O2/c1-13(2)10-17-24-18-16(7-8-22-20(18)27)19(25-17)23-11-15-6-5-9-26(12-15)21(28)14(3)4/h13-15H,5-12H2,1-4H3,(H,22,27)(H,23,24,25). The minimum Gasteiger partial charge on any atom is -0.369 e. The van der Waals surface area contributed by atoms with Crippen molar-refractivity contribution >= 4 is 17.6 Å². The van der Waals surface area contributed by atoms with Crippen LogP contribution in [0.5, 0.6) is 0 Å². The molecular formula is C21H33N5O2. The quantitative estimate of drug-likeness (QED) is 0.782. The van der Waals surface area contributed by atoms with Crippen LogP contribution in [0, 0.1) is 17.8 Å². The van der Waals surface area contributed by atoms with Gasteiger partial charge in [-0.2, -0.15) is 0 Å². The summed E-state index contributed by atoms with van der Waals surface area (Å²) in [5.74, 6) is 2.50. The number of amides is 2. The van der Waals surface area contributed by atoms with E-state index in [0.29, 0.717) is 29.9 Å². The van der Waals surface area contributed by atoms with Crippen molar-refractivity contribution < 1.29 is 9.59 Å². The number of fused-ring (bicyclic) bond motifs is 1. The first kappa shape index (κ1) is 20.6. The van der Waals surface area contributed by atoms with E-state index in [1.165, 1.54) is 0 Å². The van der Waals surface area contributed by atoms with Gasteiger partial charge in [0.05, 0.1) is 0 Å². The molecule has 7 heteroatoms. The first-order chi connectivity index (χ1) is 13.3. The van der Waals surface area contributed by atoms with E-state index in [2.05, 4.69) is 29.5 Å². The van der Waals surface area contributed by atoms with Crippen LogP contribution in [-0.4, -0.2) is 52.9 Å². The highest BCUT2D eigenvalue weighted by molar-refractivity contribution is 5.96. The van der Waals surface area contributed by atoms with E-state index in [1.54, 1.807) is 0 Å². The van der Waals surface area contributed by atoms with E-state index in [0.717, 1.165) is 56.7 Å². The van der Waals surface area contributed by atoms with Gasteiger partial charge >= 0.3 is 0 Å². The molecule has 28 heavy (non-hydrogen) atoms. The molecule has 0 bridgehead atoms. The number of anilines is 1. The number of rotatable bonds is 6. The summed E-state index contributed by atoms with van der Waals surface area (Å²) in [7, 11) is 0. The van der Waals surface area contributed by atoms with Gasteiger partial charge in [0.25, 0.3) is 5.91 Å². The Labute approximate surface area is 167 Å². The molecule has 154 valence electrons. The second kappa shape index (κ2) is 8.88. The molecule has 1 fully saturated rings. The molecule has 0 saturated carbocycles. The van der Waals surface area contributed by atoms with Crippen molar-refractivity contribution in [2.75, 3.05) is 31.5 Å². The number of carbonyl (C=O) groups is 2. The summed E-state index contributed by atoms with van der Waals surface area (Å²) in [5, 5.41) is 6.38. The summed E-state index contributed by atoms with van der Waals surface area (Å²) in [4.78, 5) is 35.9. The van der Waals surface area contributed by atoms with Crippen molar-refractivity contribution in [1.29, 1.82) is 0 Å². The van der Waals surface area contributed by atoms with Crippen LogP contribution in [-0.2, 0) is 17.6 Å². The van der Waals surface area contributed by atoms with E-state index in [4.69, 9.17) is 4.98 Å². The first-order valence-corrected chi connectivity index (χ1v) is 10.6. The van der Waals surface area contributed by atoms with Crippen LogP contribution in [0.3, 0.4) is 0 Å². The highest BCUT2D eigenvalue weighted by Crippen LogP contribution is 2.24. The molecule has 0 radical (unpaired) electrons. The maximum absolute atomic E-state index is 12.3. The Bertz CT molecular complexity index is 732. The summed E-state index contributed by atoms with van der Waals surface area (Å²) >= 11 is 0. The molecule has 3 heterocycles. The Kier molecular flexibility index (Phi) is 6.52. The minimum atomic E-state index is -0.108. The molecule has 0 aliphatic carbocycles. The van der Waals surface area contributed by atoms with Crippen molar-refractivity contribution in [2.24, 2.45) is 17.8 Å². The van der Waals surface area contributed by atoms with Crippen LogP contribution < -0.4 is 10.6 Å². The van der Waals surface area contributed by atoms with Gasteiger partial charge in [0.2, 0.25) is 5.91 Å². The molecule has 1 aromatic rings. The smallest absolute Gasteiger partial charge is 0.270 e. The summed E-state index contributed by atoms with van der Waals surface area (Å²) in [6.45, 7) is 11.2. The average Bonchev–Trinajstić information content (AvgIpc) is 2.66. The molecule has 2 aliphatic heterocycles. The summed E-state index contributed by atoms with van der Waals surface area (Å²) in [6, 6.07) is 0. The third kappa shape index (κ3) is 4.80. The Morgan fingerprint density at radius 2 is 2.07 bits per heavy atom. The van der Waals surface area contributed by atoms with E-state index in [1.807, 2.05) is 18.7 Å². The molecule has 1 atom stereocenters. The molecule has 0 aromatic carbocycles. The Balaban J connectivity index is 1.73. The number of carbonyl (C=O) groups excluding carboxylic acids is 2. The molecular weight excluding hydrogens is 354 g/mol. The molecule has 2 amide bonds. The predicted molar refractivity (Wildman–Crippen MR) is 109 cm³/mol. The molecule has 1 saturated heterocycles. The lowest BCUT2D eigenvalue weighted by molar-refractivity contribution is -0.136. The van der Waals surface area contributed by atoms with Crippen molar-refractivity contribution in [2.45, 2.75) is 53.4 Å². The molecule has 0 spiro atoms. The maximum atomic E-state index is 12.3. The first-order valence-electron chi connectivity index (χ1n) is 10.6. The van der Waals surface area contributed by atoms with Gasteiger partial charge in [0.1, 0.15) is 17.3 Å². The largest absolute Gasteiger partial charge is 0.369 e. The van der Waals surface area contributed by atoms with E-state index in [9.17, 15) is 9.59 Å². The van der Waals surface area contributed by atoms with Gasteiger partial charge in [-0.25, -0.2) is 9.97 Å². The zero-order valence-electron chi connectivity index (χ0n) is 17.5. The van der Waals surface area contributed by atoms with Crippen LogP contribution in [0.25, 0.3) is 0 Å². The maximum Gasteiger partial charge on any atom is 0.270 e. The molecule has 3 rings (SSSR count). The van der Waals surface area contributed by atoms with E-state index >= 15 is 0 Å². The molecule has 1 aromatic heterocycles. The van der Waals surface area contributed by atoms with Gasteiger partial charge < -0.3 is 15.5 Å². The summed E-state index contributed by atoms with van der Waals surface area (Å²) < 4.78 is 0. The van der Waals surface area contributed by atoms with Gasteiger partial charge in [-0.1, -0.05) is 27.7 Å². The predicted octanol–water partition coefficient (Wildman–Crippen LogP) is 2.27. The highest BCUT2D eigenvalue weighted by Gasteiger charge is 2.27. The van der Waals surface area contributed by atoms with Crippen LogP contribution in [0.1, 0.15) is 62.4 Å². The van der Waals surface area contributed by atoms with Crippen LogP contribution in [0.4, 0.5) is 5.82 Å². The Hall–Kier alpha value is -2.18. The molecule has 2 N–H and O–H groups in total. The van der Waals surface area contributed by atoms with Crippen molar-refractivity contribution in [1.82, 2.24) is 20.2 Å². The molecule has 1 unspecified atom stereocenters. The normalized spacial score (nSPS) is 19.6. The van der Waals surface area contributed by atoms with Gasteiger partial charge in [-0.3, -0.25) is 9.59 Å². The number of hydrogen-bond acceptors (Lipinski definition) is 5. The van der Waals surface area contributed by atoms with E-state index in [-0.39, 0.29) is 17.7 Å². The van der Waals surface area contributed by atoms with Crippen LogP contribution in [0.15, 0.2) is 0 Å². The fourth-order valence-electron chi connectivity index (χ4n) is 3.98. The van der Waals surface area contributed by atoms with Gasteiger partial charge in [0, 0.05) is 44.1 Å². The number of likely N-dealkylation sites (tertiary alicyclic amines) is 1. The van der Waals surface area contributed by atoms with Crippen LogP contribution >= 0.6 is 0 Å². The second-order valence-electron chi connectivity index (χ2n) is 8.75. The van der Waals surface area contributed by atoms with Crippen molar-refractivity contribution in [3.05, 3.63) is 17.1 Å². The monoisotopic (exact) mass is 387 g/mol. The number of nitrogens with zero attached hydrogens (tertiary/aromatic N) is 3. The van der Waals surface area contributed by atoms with Crippen LogP contribution in [0.2, 0.25) is 0 Å². The molecule has 2 aliphatic rings. The number of piperidine rings is 1. The number of aromatic nitrogens is 2. The summed E-state index contributed by atoms with van der Waals surface area (Å²) in [6.07, 6.45) is 3.62. The minimum absolute atomic E-state index is 0.0395. The number of hydrogen-bond donors (Lipinski definition) is 2. The van der Waals surface area contributed by atoms with E-state index < -0.39 is 0 Å². The zero-order valence-corrected chi connectivity index (χ0v) is 17.5. The Morgan fingerprint density at radius 3 is 2.79 bits per heavy atom. The fourth-order valence-corrected chi connectivity index (χ4v) is 3.98. The number of nitrogens with one attached hydrogen (secondary N) is 2. The summed E-state index contributed by atoms with van der Waals surface area (Å²) in [5.41, 5.74) is 1.43. The molecule has 7 nitrogen and oxygen atoms in total. The third-order valence-corrected chi connectivity index (χ3v) is 5.40. The SMILES string of the molecule is CC(C)Cc1nc(NCC2CCCN(C(=O)C(C)C)C2)c2c(n1)C(=O)NCC2. The van der Waals surface area contributed by atoms with Gasteiger partial charge in [-0.05, 0) is 31.1 Å². The van der Waals surface area contributed by atoms with Crippen molar-refractivity contribution in [3.8, 4) is 0 Å². The topological polar surface area (TPSA) is 87.2 Å². The van der Waals surface area contributed by atoms with Gasteiger partial charge in [0.15, 0.2) is 0 Å². The lowest BCUT2D eigenvalue weighted by Crippen LogP contribution is -2.43. The zero-order chi connectivity index (χ0) is 20.3. The highest BCUT2D eigenvalue weighted by atomic mass is 16.2. The van der Waals surface area contributed by atoms with Crippen molar-refractivity contribution in [3.63, 3.8) is 0 Å². The lowest BCUT2D eigenvalue weighted by Gasteiger charge is -2.34. The Morgan fingerprint density at radius 1 is 1.29 bits per heavy atom. The average molecular weight is 388 g/mol. The van der Waals surface area contributed by atoms with Gasteiger partial charge in [-0.15, -0.1) is 0 Å². The second-order valence-corrected chi connectivity index (χ2v) is 8.75.